The highest BCUT2D eigenvalue weighted by Crippen LogP contribution is 2.05. The SMILES string of the molecule is CNCCC(=O)N(C)CCc1cccc(C)c1. The van der Waals surface area contributed by atoms with Crippen molar-refractivity contribution in [3.63, 3.8) is 0 Å². The fourth-order valence-corrected chi connectivity index (χ4v) is 1.71. The lowest BCUT2D eigenvalue weighted by atomic mass is 10.1. The second-order valence-electron chi connectivity index (χ2n) is 4.41. The van der Waals surface area contributed by atoms with E-state index >= 15 is 0 Å². The lowest BCUT2D eigenvalue weighted by Gasteiger charge is -2.17. The summed E-state index contributed by atoms with van der Waals surface area (Å²) in [4.78, 5) is 13.5. The van der Waals surface area contributed by atoms with Crippen LogP contribution in [-0.2, 0) is 11.2 Å². The van der Waals surface area contributed by atoms with Crippen LogP contribution in [0.25, 0.3) is 0 Å². The molecule has 0 atom stereocenters. The number of likely N-dealkylation sites (N-methyl/N-ethyl adjacent to an activating group) is 1. The molecule has 0 aliphatic carbocycles. The van der Waals surface area contributed by atoms with Gasteiger partial charge in [0.1, 0.15) is 0 Å². The molecule has 0 unspecified atom stereocenters. The monoisotopic (exact) mass is 234 g/mol. The molecule has 0 saturated carbocycles. The van der Waals surface area contributed by atoms with Crippen LogP contribution >= 0.6 is 0 Å². The van der Waals surface area contributed by atoms with E-state index in [1.54, 1.807) is 4.90 Å². The van der Waals surface area contributed by atoms with Crippen molar-refractivity contribution in [3.05, 3.63) is 35.4 Å². The molecule has 1 amide bonds. The van der Waals surface area contributed by atoms with Gasteiger partial charge in [-0.05, 0) is 26.0 Å². The molecule has 3 heteroatoms. The quantitative estimate of drug-likeness (QED) is 0.811. The van der Waals surface area contributed by atoms with Crippen LogP contribution in [-0.4, -0.2) is 38.0 Å². The summed E-state index contributed by atoms with van der Waals surface area (Å²) in [6.45, 7) is 3.62. The van der Waals surface area contributed by atoms with Crippen LogP contribution in [0.2, 0.25) is 0 Å². The van der Waals surface area contributed by atoms with Gasteiger partial charge in [0.25, 0.3) is 0 Å². The van der Waals surface area contributed by atoms with Gasteiger partial charge in [0.2, 0.25) is 5.91 Å². The third-order valence-corrected chi connectivity index (χ3v) is 2.83. The smallest absolute Gasteiger partial charge is 0.223 e. The summed E-state index contributed by atoms with van der Waals surface area (Å²) in [7, 11) is 3.73. The first-order valence-electron chi connectivity index (χ1n) is 6.07. The van der Waals surface area contributed by atoms with E-state index in [0.29, 0.717) is 6.42 Å². The third-order valence-electron chi connectivity index (χ3n) is 2.83. The minimum atomic E-state index is 0.201. The molecule has 17 heavy (non-hydrogen) atoms. The van der Waals surface area contributed by atoms with Gasteiger partial charge in [0.15, 0.2) is 0 Å². The Labute approximate surface area is 104 Å². The predicted molar refractivity (Wildman–Crippen MR) is 71.1 cm³/mol. The zero-order valence-corrected chi connectivity index (χ0v) is 11.0. The summed E-state index contributed by atoms with van der Waals surface area (Å²) in [5, 5.41) is 2.99. The molecule has 0 saturated heterocycles. The largest absolute Gasteiger partial charge is 0.345 e. The van der Waals surface area contributed by atoms with Crippen LogP contribution in [0.3, 0.4) is 0 Å². The zero-order chi connectivity index (χ0) is 12.7. The minimum absolute atomic E-state index is 0.201. The maximum atomic E-state index is 11.7. The molecule has 0 aliphatic rings. The van der Waals surface area contributed by atoms with Crippen molar-refractivity contribution in [2.75, 3.05) is 27.2 Å². The van der Waals surface area contributed by atoms with Crippen molar-refractivity contribution in [2.24, 2.45) is 0 Å². The second kappa shape index (κ2) is 7.07. The second-order valence-corrected chi connectivity index (χ2v) is 4.41. The molecule has 0 bridgehead atoms. The summed E-state index contributed by atoms with van der Waals surface area (Å²) in [6.07, 6.45) is 1.49. The van der Waals surface area contributed by atoms with E-state index in [-0.39, 0.29) is 5.91 Å². The van der Waals surface area contributed by atoms with Crippen LogP contribution in [0.4, 0.5) is 0 Å². The number of carbonyl (C=O) groups excluding carboxylic acids is 1. The molecule has 3 nitrogen and oxygen atoms in total. The van der Waals surface area contributed by atoms with Crippen molar-refractivity contribution >= 4 is 5.91 Å². The van der Waals surface area contributed by atoms with E-state index < -0.39 is 0 Å². The van der Waals surface area contributed by atoms with Crippen molar-refractivity contribution in [3.8, 4) is 0 Å². The Bertz CT molecular complexity index is 363. The molecule has 0 aromatic heterocycles. The van der Waals surface area contributed by atoms with Gasteiger partial charge in [-0.3, -0.25) is 4.79 Å². The first kappa shape index (κ1) is 13.7. The fourth-order valence-electron chi connectivity index (χ4n) is 1.71. The third kappa shape index (κ3) is 5.00. The molecule has 1 rings (SSSR count). The van der Waals surface area contributed by atoms with Gasteiger partial charge in [-0.2, -0.15) is 0 Å². The number of hydrogen-bond acceptors (Lipinski definition) is 2. The molecule has 0 fully saturated rings. The first-order valence-corrected chi connectivity index (χ1v) is 6.07. The molecule has 1 aromatic carbocycles. The van der Waals surface area contributed by atoms with Crippen LogP contribution in [0.5, 0.6) is 0 Å². The van der Waals surface area contributed by atoms with Crippen LogP contribution < -0.4 is 5.32 Å². The summed E-state index contributed by atoms with van der Waals surface area (Å²) in [5.74, 6) is 0.201. The van der Waals surface area contributed by atoms with Crippen LogP contribution in [0, 0.1) is 6.92 Å². The molecule has 0 aliphatic heterocycles. The van der Waals surface area contributed by atoms with E-state index in [4.69, 9.17) is 0 Å². The van der Waals surface area contributed by atoms with E-state index in [1.165, 1.54) is 11.1 Å². The van der Waals surface area contributed by atoms with E-state index in [9.17, 15) is 4.79 Å². The Kier molecular flexibility index (Phi) is 5.70. The summed E-state index contributed by atoms with van der Waals surface area (Å²) >= 11 is 0. The van der Waals surface area contributed by atoms with Gasteiger partial charge in [0.05, 0.1) is 0 Å². The number of nitrogens with zero attached hydrogens (tertiary/aromatic N) is 1. The van der Waals surface area contributed by atoms with Crippen molar-refractivity contribution in [1.29, 1.82) is 0 Å². The molecule has 0 heterocycles. The summed E-state index contributed by atoms with van der Waals surface area (Å²) in [5.41, 5.74) is 2.56. The summed E-state index contributed by atoms with van der Waals surface area (Å²) < 4.78 is 0. The number of carbonyl (C=O) groups is 1. The summed E-state index contributed by atoms with van der Waals surface area (Å²) in [6, 6.07) is 8.43. The van der Waals surface area contributed by atoms with Gasteiger partial charge in [-0.15, -0.1) is 0 Å². The lowest BCUT2D eigenvalue weighted by molar-refractivity contribution is -0.129. The number of benzene rings is 1. The number of nitrogens with one attached hydrogen (secondary N) is 1. The number of amides is 1. The first-order chi connectivity index (χ1) is 8.13. The zero-order valence-electron chi connectivity index (χ0n) is 11.0. The topological polar surface area (TPSA) is 32.3 Å². The van der Waals surface area contributed by atoms with E-state index in [1.807, 2.05) is 14.1 Å². The van der Waals surface area contributed by atoms with Crippen LogP contribution in [0.1, 0.15) is 17.5 Å². The van der Waals surface area contributed by atoms with Gasteiger partial charge >= 0.3 is 0 Å². The average molecular weight is 234 g/mol. The fraction of sp³-hybridized carbons (Fsp3) is 0.500. The highest BCUT2D eigenvalue weighted by atomic mass is 16.2. The Hall–Kier alpha value is -1.35. The lowest BCUT2D eigenvalue weighted by Crippen LogP contribution is -2.30. The predicted octanol–water partition coefficient (Wildman–Crippen LogP) is 1.61. The Morgan fingerprint density at radius 1 is 1.41 bits per heavy atom. The van der Waals surface area contributed by atoms with Gasteiger partial charge in [-0.1, -0.05) is 29.8 Å². The van der Waals surface area contributed by atoms with Crippen LogP contribution in [0.15, 0.2) is 24.3 Å². The number of aryl methyl sites for hydroxylation is 1. The average Bonchev–Trinajstić information content (AvgIpc) is 2.33. The van der Waals surface area contributed by atoms with Crippen molar-refractivity contribution in [1.82, 2.24) is 10.2 Å². The number of hydrogen-bond donors (Lipinski definition) is 1. The molecule has 0 radical (unpaired) electrons. The molecule has 1 aromatic rings. The Morgan fingerprint density at radius 3 is 2.82 bits per heavy atom. The van der Waals surface area contributed by atoms with Gasteiger partial charge in [0, 0.05) is 26.6 Å². The van der Waals surface area contributed by atoms with Gasteiger partial charge in [-0.25, -0.2) is 0 Å². The van der Waals surface area contributed by atoms with Crippen molar-refractivity contribution < 1.29 is 4.79 Å². The number of rotatable bonds is 6. The standard InChI is InChI=1S/C14H22N2O/c1-12-5-4-6-13(11-12)8-10-16(3)14(17)7-9-15-2/h4-6,11,15H,7-10H2,1-3H3. The maximum Gasteiger partial charge on any atom is 0.223 e. The highest BCUT2D eigenvalue weighted by Gasteiger charge is 2.07. The molecule has 1 N–H and O–H groups in total. The van der Waals surface area contributed by atoms with E-state index in [2.05, 4.69) is 36.5 Å². The van der Waals surface area contributed by atoms with Crippen molar-refractivity contribution in [2.45, 2.75) is 19.8 Å². The molecule has 0 spiro atoms. The highest BCUT2D eigenvalue weighted by molar-refractivity contribution is 5.76. The normalized spacial score (nSPS) is 10.3. The molecular weight excluding hydrogens is 212 g/mol. The Morgan fingerprint density at radius 2 is 2.18 bits per heavy atom. The maximum absolute atomic E-state index is 11.7. The van der Waals surface area contributed by atoms with Gasteiger partial charge < -0.3 is 10.2 Å². The molecular formula is C14H22N2O. The Balaban J connectivity index is 2.37. The molecule has 94 valence electrons. The van der Waals surface area contributed by atoms with E-state index in [0.717, 1.165) is 19.5 Å². The minimum Gasteiger partial charge on any atom is -0.345 e.